The summed E-state index contributed by atoms with van der Waals surface area (Å²) in [4.78, 5) is 18.3. The maximum atomic E-state index is 12.3. The van der Waals surface area contributed by atoms with Crippen LogP contribution in [-0.2, 0) is 4.74 Å². The Morgan fingerprint density at radius 3 is 2.95 bits per heavy atom. The molecule has 1 fully saturated rings. The SMILES string of the molecule is CC(C)(C)OC(=O)N1CCC[C@H]1c1cc2nc(Cl)ccc2o1. The van der Waals surface area contributed by atoms with Gasteiger partial charge in [-0.2, -0.15) is 0 Å². The molecule has 2 aromatic heterocycles. The first-order chi connectivity index (χ1) is 10.3. The first-order valence-electron chi connectivity index (χ1n) is 7.39. The average Bonchev–Trinajstić information content (AvgIpc) is 3.01. The molecule has 1 amide bonds. The van der Waals surface area contributed by atoms with E-state index in [1.165, 1.54) is 0 Å². The Morgan fingerprint density at radius 2 is 2.23 bits per heavy atom. The molecular weight excluding hydrogens is 304 g/mol. The van der Waals surface area contributed by atoms with Gasteiger partial charge in [-0.05, 0) is 45.7 Å². The van der Waals surface area contributed by atoms with Crippen molar-refractivity contribution in [1.29, 1.82) is 0 Å². The summed E-state index contributed by atoms with van der Waals surface area (Å²) >= 11 is 5.90. The maximum Gasteiger partial charge on any atom is 0.410 e. The van der Waals surface area contributed by atoms with E-state index < -0.39 is 5.60 Å². The van der Waals surface area contributed by atoms with Gasteiger partial charge in [-0.15, -0.1) is 0 Å². The minimum absolute atomic E-state index is 0.108. The van der Waals surface area contributed by atoms with Gasteiger partial charge < -0.3 is 9.15 Å². The quantitative estimate of drug-likeness (QED) is 0.722. The van der Waals surface area contributed by atoms with Gasteiger partial charge in [0.1, 0.15) is 22.0 Å². The third kappa shape index (κ3) is 3.04. The Morgan fingerprint density at radius 1 is 1.45 bits per heavy atom. The molecular formula is C16H19ClN2O3. The van der Waals surface area contributed by atoms with E-state index in [1.807, 2.05) is 26.8 Å². The molecule has 0 radical (unpaired) electrons. The maximum absolute atomic E-state index is 12.3. The van der Waals surface area contributed by atoms with E-state index in [4.69, 9.17) is 20.8 Å². The summed E-state index contributed by atoms with van der Waals surface area (Å²) in [5, 5.41) is 0.426. The van der Waals surface area contributed by atoms with Crippen LogP contribution in [0.5, 0.6) is 0 Å². The molecule has 0 aliphatic carbocycles. The number of fused-ring (bicyclic) bond motifs is 1. The molecule has 3 rings (SSSR count). The minimum atomic E-state index is -0.507. The second-order valence-electron chi connectivity index (χ2n) is 6.50. The van der Waals surface area contributed by atoms with Crippen molar-refractivity contribution in [2.45, 2.75) is 45.3 Å². The van der Waals surface area contributed by atoms with Crippen LogP contribution in [0.15, 0.2) is 22.6 Å². The predicted molar refractivity (Wildman–Crippen MR) is 83.9 cm³/mol. The van der Waals surface area contributed by atoms with Crippen LogP contribution in [-0.4, -0.2) is 28.1 Å². The number of ether oxygens (including phenoxy) is 1. The molecule has 0 bridgehead atoms. The van der Waals surface area contributed by atoms with Gasteiger partial charge in [0.05, 0.1) is 6.04 Å². The van der Waals surface area contributed by atoms with E-state index in [2.05, 4.69) is 4.98 Å². The number of likely N-dealkylation sites (tertiary alicyclic amines) is 1. The molecule has 0 aromatic carbocycles. The summed E-state index contributed by atoms with van der Waals surface area (Å²) in [6.07, 6.45) is 1.48. The van der Waals surface area contributed by atoms with Crippen LogP contribution >= 0.6 is 11.6 Å². The second-order valence-corrected chi connectivity index (χ2v) is 6.89. The van der Waals surface area contributed by atoms with E-state index in [9.17, 15) is 4.79 Å². The molecule has 1 aliphatic rings. The number of carbonyl (C=O) groups excluding carboxylic acids is 1. The summed E-state index contributed by atoms with van der Waals surface area (Å²) in [6.45, 7) is 6.26. The number of halogens is 1. The van der Waals surface area contributed by atoms with Crippen LogP contribution in [0.3, 0.4) is 0 Å². The van der Waals surface area contributed by atoms with Gasteiger partial charge in [-0.3, -0.25) is 4.90 Å². The van der Waals surface area contributed by atoms with Gasteiger partial charge in [-0.1, -0.05) is 11.6 Å². The van der Waals surface area contributed by atoms with Gasteiger partial charge in [0, 0.05) is 12.6 Å². The van der Waals surface area contributed by atoms with Crippen LogP contribution in [0.25, 0.3) is 11.1 Å². The highest BCUT2D eigenvalue weighted by molar-refractivity contribution is 6.29. The number of amides is 1. The Kier molecular flexibility index (Phi) is 3.77. The molecule has 0 spiro atoms. The Labute approximate surface area is 134 Å². The molecule has 118 valence electrons. The molecule has 0 N–H and O–H groups in total. The van der Waals surface area contributed by atoms with Crippen LogP contribution in [0.4, 0.5) is 4.79 Å². The second kappa shape index (κ2) is 5.47. The molecule has 6 heteroatoms. The van der Waals surface area contributed by atoms with Crippen molar-refractivity contribution >= 4 is 28.8 Å². The Hall–Kier alpha value is -1.75. The van der Waals surface area contributed by atoms with Gasteiger partial charge in [-0.25, -0.2) is 9.78 Å². The van der Waals surface area contributed by atoms with E-state index in [1.54, 1.807) is 17.0 Å². The van der Waals surface area contributed by atoms with Crippen molar-refractivity contribution in [2.24, 2.45) is 0 Å². The van der Waals surface area contributed by atoms with E-state index in [-0.39, 0.29) is 12.1 Å². The lowest BCUT2D eigenvalue weighted by atomic mass is 10.1. The van der Waals surface area contributed by atoms with Crippen molar-refractivity contribution < 1.29 is 13.9 Å². The van der Waals surface area contributed by atoms with Crippen molar-refractivity contribution in [3.05, 3.63) is 29.1 Å². The number of hydrogen-bond donors (Lipinski definition) is 0. The topological polar surface area (TPSA) is 55.6 Å². The number of aromatic nitrogens is 1. The summed E-state index contributed by atoms with van der Waals surface area (Å²) in [5.41, 5.74) is 0.877. The van der Waals surface area contributed by atoms with E-state index in [0.29, 0.717) is 22.8 Å². The number of furan rings is 1. The third-order valence-electron chi connectivity index (χ3n) is 3.57. The Balaban J connectivity index is 1.86. The van der Waals surface area contributed by atoms with Crippen molar-refractivity contribution in [1.82, 2.24) is 9.88 Å². The predicted octanol–water partition coefficient (Wildman–Crippen LogP) is 4.55. The zero-order chi connectivity index (χ0) is 15.9. The Bertz CT molecular complexity index is 705. The van der Waals surface area contributed by atoms with Gasteiger partial charge in [0.15, 0.2) is 5.58 Å². The van der Waals surface area contributed by atoms with Gasteiger partial charge in [0.2, 0.25) is 0 Å². The fourth-order valence-electron chi connectivity index (χ4n) is 2.68. The molecule has 2 aromatic rings. The van der Waals surface area contributed by atoms with Gasteiger partial charge >= 0.3 is 6.09 Å². The fraction of sp³-hybridized carbons (Fsp3) is 0.500. The molecule has 22 heavy (non-hydrogen) atoms. The van der Waals surface area contributed by atoms with Gasteiger partial charge in [0.25, 0.3) is 0 Å². The molecule has 5 nitrogen and oxygen atoms in total. The lowest BCUT2D eigenvalue weighted by Gasteiger charge is -2.27. The van der Waals surface area contributed by atoms with E-state index >= 15 is 0 Å². The highest BCUT2D eigenvalue weighted by Gasteiger charge is 2.35. The summed E-state index contributed by atoms with van der Waals surface area (Å²) in [6, 6.07) is 5.23. The monoisotopic (exact) mass is 322 g/mol. The average molecular weight is 323 g/mol. The number of nitrogens with zero attached hydrogens (tertiary/aromatic N) is 2. The normalized spacial score (nSPS) is 18.9. The summed E-state index contributed by atoms with van der Waals surface area (Å²) < 4.78 is 11.3. The lowest BCUT2D eigenvalue weighted by molar-refractivity contribution is 0.0209. The first-order valence-corrected chi connectivity index (χ1v) is 7.77. The standard InChI is InChI=1S/C16H19ClN2O3/c1-16(2,3)22-15(20)19-8-4-5-11(19)13-9-10-12(21-13)6-7-14(17)18-10/h6-7,9,11H,4-5,8H2,1-3H3/t11-/m0/s1. The third-order valence-corrected chi connectivity index (χ3v) is 3.78. The molecule has 1 atom stereocenters. The molecule has 0 unspecified atom stereocenters. The van der Waals surface area contributed by atoms with Crippen LogP contribution < -0.4 is 0 Å². The van der Waals surface area contributed by atoms with Crippen molar-refractivity contribution in [3.63, 3.8) is 0 Å². The van der Waals surface area contributed by atoms with E-state index in [0.717, 1.165) is 18.6 Å². The fourth-order valence-corrected chi connectivity index (χ4v) is 2.84. The lowest BCUT2D eigenvalue weighted by Crippen LogP contribution is -2.36. The van der Waals surface area contributed by atoms with Crippen LogP contribution in [0.1, 0.15) is 45.4 Å². The number of pyridine rings is 1. The summed E-state index contributed by atoms with van der Waals surface area (Å²) in [5.74, 6) is 0.730. The highest BCUT2D eigenvalue weighted by atomic mass is 35.5. The zero-order valence-corrected chi connectivity index (χ0v) is 13.7. The number of rotatable bonds is 1. The number of hydrogen-bond acceptors (Lipinski definition) is 4. The zero-order valence-electron chi connectivity index (χ0n) is 12.9. The molecule has 0 saturated carbocycles. The van der Waals surface area contributed by atoms with Crippen molar-refractivity contribution in [2.75, 3.05) is 6.54 Å². The number of carbonyl (C=O) groups is 1. The highest BCUT2D eigenvalue weighted by Crippen LogP contribution is 2.35. The largest absolute Gasteiger partial charge is 0.457 e. The molecule has 1 saturated heterocycles. The minimum Gasteiger partial charge on any atom is -0.457 e. The molecule has 1 aliphatic heterocycles. The molecule has 3 heterocycles. The first kappa shape index (κ1) is 15.2. The van der Waals surface area contributed by atoms with Crippen LogP contribution in [0, 0.1) is 0 Å². The van der Waals surface area contributed by atoms with Crippen molar-refractivity contribution in [3.8, 4) is 0 Å². The van der Waals surface area contributed by atoms with Crippen LogP contribution in [0.2, 0.25) is 5.15 Å². The summed E-state index contributed by atoms with van der Waals surface area (Å²) in [7, 11) is 0. The smallest absolute Gasteiger partial charge is 0.410 e.